The van der Waals surface area contributed by atoms with Crippen LogP contribution in [0.1, 0.15) is 43.2 Å². The van der Waals surface area contributed by atoms with Crippen molar-refractivity contribution in [2.75, 3.05) is 132 Å². The summed E-state index contributed by atoms with van der Waals surface area (Å²) in [5.74, 6) is 0.0408. The predicted molar refractivity (Wildman–Crippen MR) is 190 cm³/mol. The van der Waals surface area contributed by atoms with E-state index < -0.39 is 6.09 Å². The van der Waals surface area contributed by atoms with Crippen molar-refractivity contribution in [3.8, 4) is 11.1 Å². The Hall–Kier alpha value is -2.65. The van der Waals surface area contributed by atoms with Crippen molar-refractivity contribution in [1.82, 2.24) is 5.32 Å². The van der Waals surface area contributed by atoms with E-state index in [2.05, 4.69) is 36.5 Å². The molecule has 0 atom stereocenters. The lowest BCUT2D eigenvalue weighted by atomic mass is 9.98. The van der Waals surface area contributed by atoms with Gasteiger partial charge in [-0.1, -0.05) is 68.3 Å². The normalized spacial score (nSPS) is 12.3. The number of rotatable bonds is 33. The zero-order valence-electron chi connectivity index (χ0n) is 30.0. The third-order valence-electron chi connectivity index (χ3n) is 7.73. The van der Waals surface area contributed by atoms with Crippen LogP contribution in [0.5, 0.6) is 0 Å². The van der Waals surface area contributed by atoms with E-state index in [0.717, 1.165) is 13.0 Å². The van der Waals surface area contributed by atoms with Crippen LogP contribution >= 0.6 is 0 Å². The number of benzene rings is 2. The summed E-state index contributed by atoms with van der Waals surface area (Å²) in [6, 6.07) is 16.5. The summed E-state index contributed by atoms with van der Waals surface area (Å²) in [7, 11) is 0. The molecule has 282 valence electrons. The van der Waals surface area contributed by atoms with E-state index >= 15 is 0 Å². The quantitative estimate of drug-likeness (QED) is 0.103. The lowest BCUT2D eigenvalue weighted by Gasteiger charge is -2.14. The molecule has 1 N–H and O–H groups in total. The van der Waals surface area contributed by atoms with Crippen LogP contribution in [-0.4, -0.2) is 138 Å². The number of fused-ring (bicyclic) bond motifs is 3. The van der Waals surface area contributed by atoms with Gasteiger partial charge in [-0.2, -0.15) is 0 Å². The fourth-order valence-electron chi connectivity index (χ4n) is 5.19. The number of hydrogen-bond acceptors (Lipinski definition) is 11. The standard InChI is InChI=1S/C38H59NO11/c1-2-3-8-14-41-16-18-43-20-22-45-24-26-47-28-30-49-31-29-48-27-25-46-23-21-44-19-17-42-15-13-39-38(40)50-32-37-35-11-6-4-9-33(35)34-10-5-7-12-36(34)37/h4-7,9-12,37H,2-3,8,13-32H2,1H3,(H,39,40). The summed E-state index contributed by atoms with van der Waals surface area (Å²) in [5, 5.41) is 2.74. The van der Waals surface area contributed by atoms with Crippen LogP contribution in [0.15, 0.2) is 48.5 Å². The van der Waals surface area contributed by atoms with E-state index in [4.69, 9.17) is 47.4 Å². The van der Waals surface area contributed by atoms with Crippen molar-refractivity contribution < 1.29 is 52.2 Å². The second-order valence-corrected chi connectivity index (χ2v) is 11.5. The number of hydrogen-bond donors (Lipinski definition) is 1. The van der Waals surface area contributed by atoms with Gasteiger partial charge >= 0.3 is 6.09 Å². The van der Waals surface area contributed by atoms with Gasteiger partial charge in [0.25, 0.3) is 0 Å². The first-order valence-corrected chi connectivity index (χ1v) is 18.1. The summed E-state index contributed by atoms with van der Waals surface area (Å²) < 4.78 is 55.0. The Morgan fingerprint density at radius 1 is 0.500 bits per heavy atom. The van der Waals surface area contributed by atoms with E-state index in [9.17, 15) is 4.79 Å². The fourth-order valence-corrected chi connectivity index (χ4v) is 5.19. The van der Waals surface area contributed by atoms with E-state index in [-0.39, 0.29) is 5.92 Å². The van der Waals surface area contributed by atoms with Crippen molar-refractivity contribution in [2.24, 2.45) is 0 Å². The number of nitrogens with one attached hydrogen (secondary N) is 1. The molecule has 1 aliphatic rings. The Morgan fingerprint density at radius 2 is 0.860 bits per heavy atom. The highest BCUT2D eigenvalue weighted by atomic mass is 16.6. The molecule has 2 aromatic carbocycles. The molecule has 1 amide bonds. The van der Waals surface area contributed by atoms with Gasteiger partial charge in [-0.3, -0.25) is 0 Å². The van der Waals surface area contributed by atoms with Crippen molar-refractivity contribution in [3.63, 3.8) is 0 Å². The molecule has 50 heavy (non-hydrogen) atoms. The van der Waals surface area contributed by atoms with Crippen molar-refractivity contribution >= 4 is 6.09 Å². The molecule has 0 aromatic heterocycles. The van der Waals surface area contributed by atoms with Crippen LogP contribution in [0.2, 0.25) is 0 Å². The van der Waals surface area contributed by atoms with Gasteiger partial charge in [-0.05, 0) is 28.7 Å². The molecule has 1 aliphatic carbocycles. The maximum atomic E-state index is 12.2. The monoisotopic (exact) mass is 705 g/mol. The minimum atomic E-state index is -0.449. The first kappa shape index (κ1) is 41.8. The van der Waals surface area contributed by atoms with Crippen LogP contribution < -0.4 is 5.32 Å². The Kier molecular flexibility index (Phi) is 24.2. The highest BCUT2D eigenvalue weighted by Crippen LogP contribution is 2.44. The highest BCUT2D eigenvalue weighted by molar-refractivity contribution is 5.79. The second kappa shape index (κ2) is 29.0. The van der Waals surface area contributed by atoms with Crippen molar-refractivity contribution in [1.29, 1.82) is 0 Å². The van der Waals surface area contributed by atoms with Crippen LogP contribution in [0.4, 0.5) is 4.79 Å². The van der Waals surface area contributed by atoms with Gasteiger partial charge in [0.2, 0.25) is 0 Å². The first-order valence-electron chi connectivity index (χ1n) is 18.1. The maximum absolute atomic E-state index is 12.2. The zero-order chi connectivity index (χ0) is 35.2. The fraction of sp³-hybridized carbons (Fsp3) is 0.658. The summed E-state index contributed by atoms with van der Waals surface area (Å²) in [6.07, 6.45) is 3.08. The lowest BCUT2D eigenvalue weighted by Crippen LogP contribution is -2.29. The van der Waals surface area contributed by atoms with Gasteiger partial charge in [0.1, 0.15) is 6.61 Å². The number of alkyl carbamates (subject to hydrolysis) is 1. The average molecular weight is 706 g/mol. The molecule has 0 saturated heterocycles. The molecule has 0 radical (unpaired) electrons. The summed E-state index contributed by atoms with van der Waals surface area (Å²) in [4.78, 5) is 12.2. The van der Waals surface area contributed by atoms with Gasteiger partial charge in [-0.15, -0.1) is 0 Å². The molecule has 0 fully saturated rings. The van der Waals surface area contributed by atoms with Gasteiger partial charge in [-0.25, -0.2) is 4.79 Å². The van der Waals surface area contributed by atoms with Crippen LogP contribution in [0.3, 0.4) is 0 Å². The molecule has 0 spiro atoms. The Labute approximate surface area is 298 Å². The van der Waals surface area contributed by atoms with Crippen LogP contribution in [0.25, 0.3) is 11.1 Å². The number of unbranched alkanes of at least 4 members (excludes halogenated alkanes) is 2. The van der Waals surface area contributed by atoms with Gasteiger partial charge in [0.15, 0.2) is 0 Å². The van der Waals surface area contributed by atoms with E-state index in [0.29, 0.717) is 125 Å². The molecule has 12 nitrogen and oxygen atoms in total. The molecule has 2 aromatic rings. The topological polar surface area (TPSA) is 121 Å². The highest BCUT2D eigenvalue weighted by Gasteiger charge is 2.28. The minimum absolute atomic E-state index is 0.0408. The van der Waals surface area contributed by atoms with Gasteiger partial charge in [0, 0.05) is 19.1 Å². The van der Waals surface area contributed by atoms with Crippen molar-refractivity contribution in [2.45, 2.75) is 32.1 Å². The zero-order valence-corrected chi connectivity index (χ0v) is 30.0. The maximum Gasteiger partial charge on any atom is 0.407 e. The van der Waals surface area contributed by atoms with Crippen molar-refractivity contribution in [3.05, 3.63) is 59.7 Å². The lowest BCUT2D eigenvalue weighted by molar-refractivity contribution is -0.0249. The van der Waals surface area contributed by atoms with E-state index in [1.54, 1.807) is 0 Å². The molecule has 0 aliphatic heterocycles. The third-order valence-corrected chi connectivity index (χ3v) is 7.73. The Morgan fingerprint density at radius 3 is 1.26 bits per heavy atom. The van der Waals surface area contributed by atoms with Crippen LogP contribution in [-0.2, 0) is 47.4 Å². The average Bonchev–Trinajstić information content (AvgIpc) is 3.46. The molecule has 3 rings (SSSR count). The van der Waals surface area contributed by atoms with E-state index in [1.165, 1.54) is 35.1 Å². The molecule has 0 bridgehead atoms. The number of carbonyl (C=O) groups is 1. The van der Waals surface area contributed by atoms with Gasteiger partial charge < -0.3 is 52.7 Å². The first-order chi connectivity index (χ1) is 24.8. The molecule has 0 saturated carbocycles. The van der Waals surface area contributed by atoms with Gasteiger partial charge in [0.05, 0.1) is 112 Å². The predicted octanol–water partition coefficient (Wildman–Crippen LogP) is 4.86. The number of amides is 1. The Bertz CT molecular complexity index is 1080. The SMILES string of the molecule is CCCCCOCCOCCOCCOCCOCCOCCOCCOCCOCCNC(=O)OCC1c2ccccc2-c2ccccc21. The third kappa shape index (κ3) is 18.5. The largest absolute Gasteiger partial charge is 0.449 e. The summed E-state index contributed by atoms with van der Waals surface area (Å²) in [6.45, 7) is 12.3. The molecule has 0 heterocycles. The molecular weight excluding hydrogens is 646 g/mol. The minimum Gasteiger partial charge on any atom is -0.449 e. The summed E-state index contributed by atoms with van der Waals surface area (Å²) >= 11 is 0. The van der Waals surface area contributed by atoms with Crippen LogP contribution in [0, 0.1) is 0 Å². The molecule has 12 heteroatoms. The number of carbonyl (C=O) groups excluding carboxylic acids is 1. The van der Waals surface area contributed by atoms with E-state index in [1.807, 2.05) is 24.3 Å². The number of ether oxygens (including phenoxy) is 10. The Balaban J connectivity index is 0.971. The second-order valence-electron chi connectivity index (χ2n) is 11.5. The summed E-state index contributed by atoms with van der Waals surface area (Å²) in [5.41, 5.74) is 4.78. The molecule has 0 unspecified atom stereocenters. The smallest absolute Gasteiger partial charge is 0.407 e. The molecular formula is C38H59NO11.